The van der Waals surface area contributed by atoms with E-state index in [4.69, 9.17) is 10.00 Å². The Hall–Kier alpha value is -4.24. The van der Waals surface area contributed by atoms with Crippen LogP contribution in [0.2, 0.25) is 0 Å². The number of aromatic nitrogens is 1. The van der Waals surface area contributed by atoms with Crippen molar-refractivity contribution >= 4 is 16.8 Å². The zero-order chi connectivity index (χ0) is 23.5. The number of hydrogen-bond acceptors (Lipinski definition) is 4. The highest BCUT2D eigenvalue weighted by Gasteiger charge is 2.38. The minimum absolute atomic E-state index is 0.0379. The van der Waals surface area contributed by atoms with Gasteiger partial charge in [-0.05, 0) is 54.4 Å². The van der Waals surface area contributed by atoms with Gasteiger partial charge in [-0.2, -0.15) is 5.26 Å². The number of para-hydroxylation sites is 1. The minimum atomic E-state index is -0.612. The molecule has 0 saturated carbocycles. The second kappa shape index (κ2) is 9.32. The maximum atomic E-state index is 13.8. The minimum Gasteiger partial charge on any atom is -0.483 e. The number of hydrogen-bond donors (Lipinski definition) is 0. The number of amides is 1. The Morgan fingerprint density at radius 2 is 1.76 bits per heavy atom. The number of benzene rings is 3. The highest BCUT2D eigenvalue weighted by Crippen LogP contribution is 2.41. The van der Waals surface area contributed by atoms with Crippen LogP contribution in [0.5, 0.6) is 5.75 Å². The van der Waals surface area contributed by atoms with E-state index in [0.717, 1.165) is 28.5 Å². The van der Waals surface area contributed by atoms with E-state index in [1.54, 1.807) is 42.6 Å². The van der Waals surface area contributed by atoms with Gasteiger partial charge in [0.05, 0.1) is 23.2 Å². The van der Waals surface area contributed by atoms with Gasteiger partial charge < -0.3 is 9.64 Å². The maximum Gasteiger partial charge on any atom is 0.223 e. The van der Waals surface area contributed by atoms with Crippen LogP contribution < -0.4 is 4.74 Å². The summed E-state index contributed by atoms with van der Waals surface area (Å²) < 4.78 is 20.4. The van der Waals surface area contributed by atoms with Gasteiger partial charge in [0, 0.05) is 30.1 Å². The number of carbonyl (C=O) groups is 1. The molecule has 1 fully saturated rings. The summed E-state index contributed by atoms with van der Waals surface area (Å²) in [6.45, 7) is 0.590. The first kappa shape index (κ1) is 21.6. The van der Waals surface area contributed by atoms with E-state index in [0.29, 0.717) is 24.3 Å². The number of nitrogens with zero attached hydrogens (tertiary/aromatic N) is 3. The van der Waals surface area contributed by atoms with Gasteiger partial charge in [-0.25, -0.2) is 4.39 Å². The average Bonchev–Trinajstić information content (AvgIpc) is 3.30. The molecular weight excluding hydrogens is 429 g/mol. The van der Waals surface area contributed by atoms with Gasteiger partial charge in [0.25, 0.3) is 0 Å². The summed E-state index contributed by atoms with van der Waals surface area (Å²) in [6.07, 6.45) is 2.35. The molecule has 6 heteroatoms. The fourth-order valence-corrected chi connectivity index (χ4v) is 4.55. The number of carbonyl (C=O) groups excluding carboxylic acids is 1. The summed E-state index contributed by atoms with van der Waals surface area (Å²) in [4.78, 5) is 19.4. The molecule has 3 aromatic carbocycles. The lowest BCUT2D eigenvalue weighted by molar-refractivity contribution is -0.131. The van der Waals surface area contributed by atoms with Crippen LogP contribution in [-0.2, 0) is 4.79 Å². The second-order valence-corrected chi connectivity index (χ2v) is 8.28. The molecule has 34 heavy (non-hydrogen) atoms. The molecule has 1 saturated heterocycles. The van der Waals surface area contributed by atoms with E-state index in [2.05, 4.69) is 11.1 Å². The Kier molecular flexibility index (Phi) is 5.92. The highest BCUT2D eigenvalue weighted by atomic mass is 19.1. The van der Waals surface area contributed by atoms with Crippen molar-refractivity contribution in [3.63, 3.8) is 0 Å². The predicted octanol–water partition coefficient (Wildman–Crippen LogP) is 5.73. The van der Waals surface area contributed by atoms with Crippen molar-refractivity contribution in [2.24, 2.45) is 0 Å². The Balaban J connectivity index is 1.69. The Morgan fingerprint density at radius 3 is 2.47 bits per heavy atom. The van der Waals surface area contributed by atoms with Crippen LogP contribution in [0.25, 0.3) is 10.9 Å². The summed E-state index contributed by atoms with van der Waals surface area (Å²) in [5, 5.41) is 10.1. The predicted molar refractivity (Wildman–Crippen MR) is 126 cm³/mol. The summed E-state index contributed by atoms with van der Waals surface area (Å²) in [5.41, 5.74) is 2.92. The van der Waals surface area contributed by atoms with Crippen molar-refractivity contribution in [2.75, 3.05) is 6.54 Å². The van der Waals surface area contributed by atoms with E-state index in [-0.39, 0.29) is 11.7 Å². The SMILES string of the molecule is N#Cc1ccc(O[C@H](c2cccc3cccnc23)[C@H](c2ccc(F)cc2)N2CCCC2=O)cc1. The molecule has 0 radical (unpaired) electrons. The summed E-state index contributed by atoms with van der Waals surface area (Å²) in [7, 11) is 0. The van der Waals surface area contributed by atoms with Crippen molar-refractivity contribution in [1.82, 2.24) is 9.88 Å². The average molecular weight is 452 g/mol. The topological polar surface area (TPSA) is 66.2 Å². The molecule has 1 aromatic heterocycles. The fraction of sp³-hybridized carbons (Fsp3) is 0.179. The second-order valence-electron chi connectivity index (χ2n) is 8.28. The van der Waals surface area contributed by atoms with Crippen LogP contribution in [0.3, 0.4) is 0 Å². The van der Waals surface area contributed by atoms with Gasteiger partial charge in [0.2, 0.25) is 5.91 Å². The molecule has 0 aliphatic carbocycles. The van der Waals surface area contributed by atoms with Gasteiger partial charge in [-0.3, -0.25) is 9.78 Å². The first-order chi connectivity index (χ1) is 16.6. The fourth-order valence-electron chi connectivity index (χ4n) is 4.55. The van der Waals surface area contributed by atoms with E-state index < -0.39 is 12.1 Å². The molecule has 1 amide bonds. The molecule has 0 spiro atoms. The monoisotopic (exact) mass is 451 g/mol. The maximum absolute atomic E-state index is 13.8. The van der Waals surface area contributed by atoms with Crippen LogP contribution in [0.4, 0.5) is 4.39 Å². The van der Waals surface area contributed by atoms with Crippen molar-refractivity contribution in [1.29, 1.82) is 5.26 Å². The third-order valence-electron chi connectivity index (χ3n) is 6.16. The van der Waals surface area contributed by atoms with Crippen LogP contribution in [0, 0.1) is 17.1 Å². The molecule has 5 nitrogen and oxygen atoms in total. The van der Waals surface area contributed by atoms with Crippen LogP contribution >= 0.6 is 0 Å². The smallest absolute Gasteiger partial charge is 0.223 e. The van der Waals surface area contributed by atoms with E-state index in [1.807, 2.05) is 35.2 Å². The number of rotatable bonds is 6. The highest BCUT2D eigenvalue weighted by molar-refractivity contribution is 5.83. The van der Waals surface area contributed by atoms with Gasteiger partial charge in [-0.15, -0.1) is 0 Å². The molecule has 0 unspecified atom stereocenters. The molecule has 1 aliphatic heterocycles. The van der Waals surface area contributed by atoms with Gasteiger partial charge in [0.1, 0.15) is 11.6 Å². The first-order valence-corrected chi connectivity index (χ1v) is 11.2. The van der Waals surface area contributed by atoms with Crippen molar-refractivity contribution < 1.29 is 13.9 Å². The van der Waals surface area contributed by atoms with Crippen molar-refractivity contribution in [3.05, 3.63) is 108 Å². The van der Waals surface area contributed by atoms with Crippen molar-refractivity contribution in [2.45, 2.75) is 25.0 Å². The van der Waals surface area contributed by atoms with Crippen LogP contribution in [-0.4, -0.2) is 22.3 Å². The lowest BCUT2D eigenvalue weighted by atomic mass is 9.92. The summed E-state index contributed by atoms with van der Waals surface area (Å²) in [6, 6.07) is 24.5. The van der Waals surface area contributed by atoms with Crippen LogP contribution in [0.1, 0.15) is 41.7 Å². The molecular formula is C28H22FN3O2. The van der Waals surface area contributed by atoms with E-state index >= 15 is 0 Å². The molecule has 0 bridgehead atoms. The molecule has 0 N–H and O–H groups in total. The number of nitriles is 1. The Labute approximate surface area is 197 Å². The molecule has 4 aromatic rings. The quantitative estimate of drug-likeness (QED) is 0.376. The lowest BCUT2D eigenvalue weighted by Gasteiger charge is -2.35. The summed E-state index contributed by atoms with van der Waals surface area (Å²) >= 11 is 0. The molecule has 2 atom stereocenters. The number of ether oxygens (including phenoxy) is 1. The van der Waals surface area contributed by atoms with E-state index in [9.17, 15) is 9.18 Å². The molecule has 168 valence electrons. The number of pyridine rings is 1. The molecule has 2 heterocycles. The van der Waals surface area contributed by atoms with Gasteiger partial charge in [-0.1, -0.05) is 36.4 Å². The largest absolute Gasteiger partial charge is 0.483 e. The Bertz CT molecular complexity index is 1360. The third-order valence-corrected chi connectivity index (χ3v) is 6.16. The summed E-state index contributed by atoms with van der Waals surface area (Å²) in [5.74, 6) is 0.262. The molecule has 1 aliphatic rings. The van der Waals surface area contributed by atoms with Gasteiger partial charge in [0.15, 0.2) is 6.10 Å². The first-order valence-electron chi connectivity index (χ1n) is 11.2. The molecule has 5 rings (SSSR count). The number of likely N-dealkylation sites (tertiary alicyclic amines) is 1. The standard InChI is InChI=1S/C28H22FN3O2/c29-22-12-10-21(11-13-22)27(32-17-3-7-25(32)33)28(34-23-14-8-19(18-30)9-15-23)24-6-1-4-20-5-2-16-31-26(20)24/h1-2,4-6,8-16,27-28H,3,7,17H2/t27-,28+/m0/s1. The third kappa shape index (κ3) is 4.20. The lowest BCUT2D eigenvalue weighted by Crippen LogP contribution is -2.36. The number of fused-ring (bicyclic) bond motifs is 1. The Morgan fingerprint density at radius 1 is 1.00 bits per heavy atom. The zero-order valence-corrected chi connectivity index (χ0v) is 18.4. The van der Waals surface area contributed by atoms with E-state index in [1.165, 1.54) is 12.1 Å². The number of halogens is 1. The van der Waals surface area contributed by atoms with Gasteiger partial charge >= 0.3 is 0 Å². The van der Waals surface area contributed by atoms with Crippen molar-refractivity contribution in [3.8, 4) is 11.8 Å². The normalized spacial score (nSPS) is 15.2. The van der Waals surface area contributed by atoms with Crippen LogP contribution in [0.15, 0.2) is 85.1 Å². The zero-order valence-electron chi connectivity index (χ0n) is 18.4.